The Labute approximate surface area is 99.8 Å². The largest absolute Gasteiger partial charge is 0.550 e. The van der Waals surface area contributed by atoms with Crippen molar-refractivity contribution in [3.8, 4) is 0 Å². The highest BCUT2D eigenvalue weighted by Gasteiger charge is 2.33. The van der Waals surface area contributed by atoms with Crippen LogP contribution in [0.15, 0.2) is 0 Å². The number of ether oxygens (including phenoxy) is 3. The van der Waals surface area contributed by atoms with E-state index in [9.17, 15) is 14.7 Å². The van der Waals surface area contributed by atoms with Crippen LogP contribution in [-0.2, 0) is 23.8 Å². The minimum atomic E-state index is -1.16. The second-order valence-corrected chi connectivity index (χ2v) is 4.36. The van der Waals surface area contributed by atoms with E-state index in [1.54, 1.807) is 13.8 Å². The van der Waals surface area contributed by atoms with Crippen LogP contribution in [-0.4, -0.2) is 37.0 Å². The fourth-order valence-electron chi connectivity index (χ4n) is 1.48. The maximum absolute atomic E-state index is 11.2. The summed E-state index contributed by atoms with van der Waals surface area (Å²) in [5.41, 5.74) is 0. The van der Waals surface area contributed by atoms with E-state index in [-0.39, 0.29) is 32.0 Å². The molecule has 1 aliphatic heterocycles. The number of carboxylic acids is 1. The van der Waals surface area contributed by atoms with Crippen molar-refractivity contribution in [3.05, 3.63) is 0 Å². The van der Waals surface area contributed by atoms with E-state index in [2.05, 4.69) is 0 Å². The first-order valence-electron chi connectivity index (χ1n) is 5.56. The van der Waals surface area contributed by atoms with Gasteiger partial charge in [-0.15, -0.1) is 0 Å². The molecular formula is C11H17O6-. The van der Waals surface area contributed by atoms with Crippen molar-refractivity contribution in [1.82, 2.24) is 0 Å². The van der Waals surface area contributed by atoms with E-state index in [0.717, 1.165) is 0 Å². The van der Waals surface area contributed by atoms with E-state index < -0.39 is 17.7 Å². The van der Waals surface area contributed by atoms with Gasteiger partial charge in [-0.05, 0) is 26.7 Å². The van der Waals surface area contributed by atoms with E-state index in [1.807, 2.05) is 0 Å². The maximum Gasteiger partial charge on any atom is 0.305 e. The molecule has 1 atom stereocenters. The Morgan fingerprint density at radius 3 is 2.65 bits per heavy atom. The summed E-state index contributed by atoms with van der Waals surface area (Å²) in [6, 6.07) is 0. The zero-order valence-corrected chi connectivity index (χ0v) is 10.1. The van der Waals surface area contributed by atoms with Gasteiger partial charge in [-0.1, -0.05) is 0 Å². The minimum Gasteiger partial charge on any atom is -0.550 e. The van der Waals surface area contributed by atoms with Crippen molar-refractivity contribution in [1.29, 1.82) is 0 Å². The standard InChI is InChI=1S/C11H18O6/c1-11(2)16-7-8(17-11)6-15-10(14)5-3-4-9(12)13/h8H,3-7H2,1-2H3,(H,12,13)/p-1. The van der Waals surface area contributed by atoms with Crippen LogP contribution in [0, 0.1) is 0 Å². The molecule has 6 heteroatoms. The summed E-state index contributed by atoms with van der Waals surface area (Å²) in [5, 5.41) is 10.1. The predicted octanol–water partition coefficient (Wildman–Crippen LogP) is -0.399. The Balaban J connectivity index is 2.10. The SMILES string of the molecule is CC1(C)OCC(COC(=O)CCCC(=O)[O-])O1. The molecule has 0 spiro atoms. The number of aliphatic carboxylic acids is 1. The summed E-state index contributed by atoms with van der Waals surface area (Å²) in [6.07, 6.45) is -0.0831. The number of carboxylic acid groups (broad SMARTS) is 1. The predicted molar refractivity (Wildman–Crippen MR) is 54.7 cm³/mol. The van der Waals surface area contributed by atoms with E-state index in [4.69, 9.17) is 14.2 Å². The van der Waals surface area contributed by atoms with Crippen LogP contribution >= 0.6 is 0 Å². The molecular weight excluding hydrogens is 228 g/mol. The molecule has 0 N–H and O–H groups in total. The van der Waals surface area contributed by atoms with Gasteiger partial charge in [0.25, 0.3) is 0 Å². The number of carbonyl (C=O) groups is 2. The monoisotopic (exact) mass is 245 g/mol. The molecule has 6 nitrogen and oxygen atoms in total. The average Bonchev–Trinajstić information content (AvgIpc) is 2.55. The lowest BCUT2D eigenvalue weighted by Gasteiger charge is -2.16. The third-order valence-electron chi connectivity index (χ3n) is 2.26. The second-order valence-electron chi connectivity index (χ2n) is 4.36. The third kappa shape index (κ3) is 5.65. The molecule has 1 fully saturated rings. The molecule has 1 saturated heterocycles. The van der Waals surface area contributed by atoms with E-state index in [1.165, 1.54) is 0 Å². The molecule has 98 valence electrons. The Kier molecular flexibility index (Phi) is 4.89. The lowest BCUT2D eigenvalue weighted by Crippen LogP contribution is -2.25. The number of hydrogen-bond acceptors (Lipinski definition) is 6. The molecule has 0 radical (unpaired) electrons. The molecule has 1 heterocycles. The Morgan fingerprint density at radius 1 is 1.41 bits per heavy atom. The third-order valence-corrected chi connectivity index (χ3v) is 2.26. The summed E-state index contributed by atoms with van der Waals surface area (Å²) in [5.74, 6) is -2.22. The molecule has 0 saturated carbocycles. The van der Waals surface area contributed by atoms with Gasteiger partial charge in [0.15, 0.2) is 5.79 Å². The van der Waals surface area contributed by atoms with Crippen LogP contribution in [0.3, 0.4) is 0 Å². The van der Waals surface area contributed by atoms with Crippen molar-refractivity contribution in [3.63, 3.8) is 0 Å². The van der Waals surface area contributed by atoms with Crippen LogP contribution in [0.4, 0.5) is 0 Å². The normalized spacial score (nSPS) is 22.4. The zero-order chi connectivity index (χ0) is 12.9. The number of carbonyl (C=O) groups excluding carboxylic acids is 2. The minimum absolute atomic E-state index is 0.0744. The lowest BCUT2D eigenvalue weighted by molar-refractivity contribution is -0.305. The van der Waals surface area contributed by atoms with Gasteiger partial charge in [-0.3, -0.25) is 4.79 Å². The fraction of sp³-hybridized carbons (Fsp3) is 0.818. The summed E-state index contributed by atoms with van der Waals surface area (Å²) < 4.78 is 15.7. The van der Waals surface area contributed by atoms with E-state index >= 15 is 0 Å². The first-order chi connectivity index (χ1) is 7.89. The van der Waals surface area contributed by atoms with Crippen molar-refractivity contribution >= 4 is 11.9 Å². The average molecular weight is 245 g/mol. The quantitative estimate of drug-likeness (QED) is 0.592. The van der Waals surface area contributed by atoms with Crippen LogP contribution < -0.4 is 5.11 Å². The van der Waals surface area contributed by atoms with Gasteiger partial charge in [0, 0.05) is 12.4 Å². The summed E-state index contributed by atoms with van der Waals surface area (Å²) in [4.78, 5) is 21.3. The molecule has 0 aromatic carbocycles. The van der Waals surface area contributed by atoms with Crippen LogP contribution in [0.25, 0.3) is 0 Å². The summed E-state index contributed by atoms with van der Waals surface area (Å²) >= 11 is 0. The van der Waals surface area contributed by atoms with E-state index in [0.29, 0.717) is 6.61 Å². The molecule has 0 aromatic rings. The molecule has 17 heavy (non-hydrogen) atoms. The Bertz CT molecular complexity index is 286. The zero-order valence-electron chi connectivity index (χ0n) is 10.1. The molecule has 0 aliphatic carbocycles. The molecule has 1 rings (SSSR count). The topological polar surface area (TPSA) is 84.9 Å². The first kappa shape index (κ1) is 13.9. The smallest absolute Gasteiger partial charge is 0.305 e. The van der Waals surface area contributed by atoms with Gasteiger partial charge in [-0.2, -0.15) is 0 Å². The highest BCUT2D eigenvalue weighted by Crippen LogP contribution is 2.22. The fourth-order valence-corrected chi connectivity index (χ4v) is 1.48. The number of esters is 1. The van der Waals surface area contributed by atoms with Crippen LogP contribution in [0.1, 0.15) is 33.1 Å². The van der Waals surface area contributed by atoms with Gasteiger partial charge in [0.2, 0.25) is 0 Å². The lowest BCUT2D eigenvalue weighted by atomic mass is 10.2. The van der Waals surface area contributed by atoms with Crippen molar-refractivity contribution < 1.29 is 28.9 Å². The van der Waals surface area contributed by atoms with Crippen molar-refractivity contribution in [2.75, 3.05) is 13.2 Å². The Morgan fingerprint density at radius 2 is 2.12 bits per heavy atom. The molecule has 0 amide bonds. The first-order valence-corrected chi connectivity index (χ1v) is 5.56. The molecule has 0 aromatic heterocycles. The molecule has 0 bridgehead atoms. The summed E-state index contributed by atoms with van der Waals surface area (Å²) in [6.45, 7) is 4.09. The van der Waals surface area contributed by atoms with Gasteiger partial charge < -0.3 is 24.1 Å². The van der Waals surface area contributed by atoms with Gasteiger partial charge >= 0.3 is 5.97 Å². The highest BCUT2D eigenvalue weighted by atomic mass is 16.7. The van der Waals surface area contributed by atoms with Crippen molar-refractivity contribution in [2.45, 2.75) is 45.0 Å². The van der Waals surface area contributed by atoms with Gasteiger partial charge in [-0.25, -0.2) is 0 Å². The second kappa shape index (κ2) is 5.97. The molecule has 1 aliphatic rings. The van der Waals surface area contributed by atoms with Gasteiger partial charge in [0.1, 0.15) is 12.7 Å². The van der Waals surface area contributed by atoms with Gasteiger partial charge in [0.05, 0.1) is 6.61 Å². The molecule has 1 unspecified atom stereocenters. The highest BCUT2D eigenvalue weighted by molar-refractivity contribution is 5.70. The van der Waals surface area contributed by atoms with Crippen LogP contribution in [0.5, 0.6) is 0 Å². The van der Waals surface area contributed by atoms with Crippen molar-refractivity contribution in [2.24, 2.45) is 0 Å². The summed E-state index contributed by atoms with van der Waals surface area (Å²) in [7, 11) is 0. The number of hydrogen-bond donors (Lipinski definition) is 0. The Hall–Kier alpha value is -1.14. The maximum atomic E-state index is 11.2. The number of rotatable bonds is 6. The van der Waals surface area contributed by atoms with Crippen LogP contribution in [0.2, 0.25) is 0 Å².